The SMILES string of the molecule is CCc1c(NC)ncnc1NC(C)CC1CC1. The highest BCUT2D eigenvalue weighted by Crippen LogP contribution is 2.34. The molecule has 4 nitrogen and oxygen atoms in total. The van der Waals surface area contributed by atoms with E-state index in [0.29, 0.717) is 6.04 Å². The van der Waals surface area contributed by atoms with Gasteiger partial charge in [0.1, 0.15) is 18.0 Å². The van der Waals surface area contributed by atoms with Crippen LogP contribution in [0.25, 0.3) is 0 Å². The Balaban J connectivity index is 2.07. The van der Waals surface area contributed by atoms with E-state index in [1.807, 2.05) is 7.05 Å². The fraction of sp³-hybridized carbons (Fsp3) is 0.692. The standard InChI is InChI=1S/C13H22N4/c1-4-11-12(14-3)15-8-16-13(11)17-9(2)7-10-5-6-10/h8-10H,4-7H2,1-3H3,(H2,14,15,16,17). The molecule has 1 saturated carbocycles. The first-order valence-electron chi connectivity index (χ1n) is 6.52. The van der Waals surface area contributed by atoms with Crippen LogP contribution < -0.4 is 10.6 Å². The second-order valence-electron chi connectivity index (χ2n) is 4.88. The average Bonchev–Trinajstić information content (AvgIpc) is 3.12. The summed E-state index contributed by atoms with van der Waals surface area (Å²) in [6, 6.07) is 0.493. The minimum absolute atomic E-state index is 0.493. The largest absolute Gasteiger partial charge is 0.373 e. The molecule has 1 aliphatic rings. The van der Waals surface area contributed by atoms with Crippen molar-refractivity contribution in [2.75, 3.05) is 17.7 Å². The Kier molecular flexibility index (Phi) is 3.82. The van der Waals surface area contributed by atoms with Crippen molar-refractivity contribution in [3.63, 3.8) is 0 Å². The van der Waals surface area contributed by atoms with Crippen LogP contribution in [0, 0.1) is 5.92 Å². The summed E-state index contributed by atoms with van der Waals surface area (Å²) in [6.07, 6.45) is 6.62. The lowest BCUT2D eigenvalue weighted by molar-refractivity contribution is 0.639. The molecule has 2 rings (SSSR count). The lowest BCUT2D eigenvalue weighted by Crippen LogP contribution is -2.18. The molecule has 4 heteroatoms. The van der Waals surface area contributed by atoms with Crippen LogP contribution in [-0.4, -0.2) is 23.1 Å². The Labute approximate surface area is 103 Å². The first-order chi connectivity index (χ1) is 8.24. The molecule has 0 radical (unpaired) electrons. The van der Waals surface area contributed by atoms with Gasteiger partial charge < -0.3 is 10.6 Å². The van der Waals surface area contributed by atoms with Crippen LogP contribution in [-0.2, 0) is 6.42 Å². The first kappa shape index (κ1) is 12.1. The summed E-state index contributed by atoms with van der Waals surface area (Å²) < 4.78 is 0. The van der Waals surface area contributed by atoms with Crippen molar-refractivity contribution in [3.8, 4) is 0 Å². The molecule has 1 aliphatic carbocycles. The zero-order chi connectivity index (χ0) is 12.3. The fourth-order valence-corrected chi connectivity index (χ4v) is 2.23. The summed E-state index contributed by atoms with van der Waals surface area (Å²) in [5.74, 6) is 2.86. The molecule has 0 saturated heterocycles. The molecule has 0 aromatic carbocycles. The van der Waals surface area contributed by atoms with Gasteiger partial charge in [0.05, 0.1) is 0 Å². The molecule has 0 aliphatic heterocycles. The van der Waals surface area contributed by atoms with E-state index in [1.165, 1.54) is 24.8 Å². The van der Waals surface area contributed by atoms with Crippen molar-refractivity contribution in [3.05, 3.63) is 11.9 Å². The van der Waals surface area contributed by atoms with Crippen LogP contribution in [0.2, 0.25) is 0 Å². The molecular formula is C13H22N4. The van der Waals surface area contributed by atoms with Gasteiger partial charge in [0, 0.05) is 18.7 Å². The van der Waals surface area contributed by atoms with E-state index in [2.05, 4.69) is 34.4 Å². The van der Waals surface area contributed by atoms with Gasteiger partial charge >= 0.3 is 0 Å². The van der Waals surface area contributed by atoms with Crippen LogP contribution in [0.5, 0.6) is 0 Å². The molecule has 17 heavy (non-hydrogen) atoms. The molecule has 0 spiro atoms. The second-order valence-corrected chi connectivity index (χ2v) is 4.88. The quantitative estimate of drug-likeness (QED) is 0.794. The molecular weight excluding hydrogens is 212 g/mol. The number of hydrogen-bond donors (Lipinski definition) is 2. The molecule has 94 valence electrons. The van der Waals surface area contributed by atoms with E-state index in [0.717, 1.165) is 24.0 Å². The van der Waals surface area contributed by atoms with Gasteiger partial charge in [-0.25, -0.2) is 9.97 Å². The van der Waals surface area contributed by atoms with Gasteiger partial charge in [-0.1, -0.05) is 19.8 Å². The van der Waals surface area contributed by atoms with Crippen molar-refractivity contribution in [2.24, 2.45) is 5.92 Å². The third-order valence-corrected chi connectivity index (χ3v) is 3.30. The average molecular weight is 234 g/mol. The van der Waals surface area contributed by atoms with Gasteiger partial charge in [-0.15, -0.1) is 0 Å². The summed E-state index contributed by atoms with van der Waals surface area (Å²) in [6.45, 7) is 4.37. The van der Waals surface area contributed by atoms with Gasteiger partial charge in [-0.05, 0) is 25.7 Å². The van der Waals surface area contributed by atoms with Crippen molar-refractivity contribution in [1.82, 2.24) is 9.97 Å². The third-order valence-electron chi connectivity index (χ3n) is 3.30. The molecule has 1 aromatic rings. The molecule has 0 amide bonds. The minimum Gasteiger partial charge on any atom is -0.373 e. The van der Waals surface area contributed by atoms with Crippen molar-refractivity contribution < 1.29 is 0 Å². The molecule has 1 heterocycles. The van der Waals surface area contributed by atoms with E-state index in [9.17, 15) is 0 Å². The predicted molar refractivity (Wildman–Crippen MR) is 71.4 cm³/mol. The van der Waals surface area contributed by atoms with Gasteiger partial charge in [-0.2, -0.15) is 0 Å². The van der Waals surface area contributed by atoms with E-state index in [-0.39, 0.29) is 0 Å². The molecule has 1 fully saturated rings. The Hall–Kier alpha value is -1.32. The van der Waals surface area contributed by atoms with E-state index >= 15 is 0 Å². The zero-order valence-corrected chi connectivity index (χ0v) is 11.0. The fourth-order valence-electron chi connectivity index (χ4n) is 2.23. The summed E-state index contributed by atoms with van der Waals surface area (Å²) in [5.41, 5.74) is 1.18. The number of nitrogens with zero attached hydrogens (tertiary/aromatic N) is 2. The zero-order valence-electron chi connectivity index (χ0n) is 11.0. The normalized spacial score (nSPS) is 16.6. The highest BCUT2D eigenvalue weighted by Gasteiger charge is 2.24. The summed E-state index contributed by atoms with van der Waals surface area (Å²) >= 11 is 0. The number of aromatic nitrogens is 2. The smallest absolute Gasteiger partial charge is 0.134 e. The second kappa shape index (κ2) is 5.34. The molecule has 1 atom stereocenters. The van der Waals surface area contributed by atoms with E-state index in [4.69, 9.17) is 0 Å². The summed E-state index contributed by atoms with van der Waals surface area (Å²) in [4.78, 5) is 8.61. The lowest BCUT2D eigenvalue weighted by Gasteiger charge is -2.17. The van der Waals surface area contributed by atoms with Crippen LogP contribution in [0.15, 0.2) is 6.33 Å². The summed E-state index contributed by atoms with van der Waals surface area (Å²) in [7, 11) is 1.90. The van der Waals surface area contributed by atoms with Gasteiger partial charge in [-0.3, -0.25) is 0 Å². The van der Waals surface area contributed by atoms with E-state index < -0.39 is 0 Å². The Morgan fingerprint density at radius 1 is 1.35 bits per heavy atom. The van der Waals surface area contributed by atoms with E-state index in [1.54, 1.807) is 6.33 Å². The number of anilines is 2. The van der Waals surface area contributed by atoms with Gasteiger partial charge in [0.15, 0.2) is 0 Å². The van der Waals surface area contributed by atoms with Crippen LogP contribution >= 0.6 is 0 Å². The Morgan fingerprint density at radius 3 is 2.65 bits per heavy atom. The predicted octanol–water partition coefficient (Wildman–Crippen LogP) is 2.68. The van der Waals surface area contributed by atoms with Crippen molar-refractivity contribution in [1.29, 1.82) is 0 Å². The number of hydrogen-bond acceptors (Lipinski definition) is 4. The van der Waals surface area contributed by atoms with Gasteiger partial charge in [0.2, 0.25) is 0 Å². The van der Waals surface area contributed by atoms with Crippen LogP contribution in [0.4, 0.5) is 11.6 Å². The first-order valence-corrected chi connectivity index (χ1v) is 6.52. The maximum Gasteiger partial charge on any atom is 0.134 e. The third kappa shape index (κ3) is 3.08. The van der Waals surface area contributed by atoms with Crippen molar-refractivity contribution in [2.45, 2.75) is 45.6 Å². The molecule has 2 N–H and O–H groups in total. The molecule has 0 bridgehead atoms. The maximum atomic E-state index is 4.36. The monoisotopic (exact) mass is 234 g/mol. The van der Waals surface area contributed by atoms with Crippen molar-refractivity contribution >= 4 is 11.6 Å². The van der Waals surface area contributed by atoms with Crippen LogP contribution in [0.3, 0.4) is 0 Å². The Bertz CT molecular complexity index is 374. The molecule has 1 aromatic heterocycles. The van der Waals surface area contributed by atoms with Crippen LogP contribution in [0.1, 0.15) is 38.7 Å². The Morgan fingerprint density at radius 2 is 2.06 bits per heavy atom. The maximum absolute atomic E-state index is 4.36. The molecule has 1 unspecified atom stereocenters. The summed E-state index contributed by atoms with van der Waals surface area (Å²) in [5, 5.41) is 6.64. The highest BCUT2D eigenvalue weighted by molar-refractivity contribution is 5.57. The highest BCUT2D eigenvalue weighted by atomic mass is 15.1. The minimum atomic E-state index is 0.493. The number of nitrogens with one attached hydrogen (secondary N) is 2. The van der Waals surface area contributed by atoms with Gasteiger partial charge in [0.25, 0.3) is 0 Å². The topological polar surface area (TPSA) is 49.8 Å². The number of rotatable bonds is 6. The lowest BCUT2D eigenvalue weighted by atomic mass is 10.1.